The highest BCUT2D eigenvalue weighted by molar-refractivity contribution is 5.00. The van der Waals surface area contributed by atoms with Gasteiger partial charge in [0.25, 0.3) is 0 Å². The summed E-state index contributed by atoms with van der Waals surface area (Å²) in [6.07, 6.45) is 5.29. The number of piperidine rings is 1. The van der Waals surface area contributed by atoms with Crippen molar-refractivity contribution in [2.45, 2.75) is 38.3 Å². The van der Waals surface area contributed by atoms with Gasteiger partial charge in [-0.15, -0.1) is 0 Å². The second kappa shape index (κ2) is 5.33. The predicted octanol–water partition coefficient (Wildman–Crippen LogP) is 1.55. The van der Waals surface area contributed by atoms with E-state index < -0.39 is 0 Å². The van der Waals surface area contributed by atoms with E-state index in [1.807, 2.05) is 12.1 Å². The highest BCUT2D eigenvalue weighted by Crippen LogP contribution is 2.07. The van der Waals surface area contributed by atoms with Crippen molar-refractivity contribution in [2.75, 3.05) is 13.1 Å². The molecule has 0 aromatic carbocycles. The Kier molecular flexibility index (Phi) is 3.80. The fourth-order valence-corrected chi connectivity index (χ4v) is 2.19. The number of hydrogen-bond acceptors (Lipinski definition) is 3. The summed E-state index contributed by atoms with van der Waals surface area (Å²) in [5, 5.41) is 7.05. The smallest absolute Gasteiger partial charge is 0.105 e. The van der Waals surface area contributed by atoms with Gasteiger partial charge in [0.2, 0.25) is 0 Å². The summed E-state index contributed by atoms with van der Waals surface area (Å²) in [5.74, 6) is 1.07. The van der Waals surface area contributed by atoms with Crippen LogP contribution in [-0.2, 0) is 6.42 Å². The molecule has 1 aromatic heterocycles. The number of hydrogen-bond donors (Lipinski definition) is 2. The van der Waals surface area contributed by atoms with Gasteiger partial charge in [0.15, 0.2) is 0 Å². The molecule has 0 radical (unpaired) electrons. The first-order valence-electron chi connectivity index (χ1n) is 5.84. The van der Waals surface area contributed by atoms with Crippen molar-refractivity contribution < 1.29 is 4.42 Å². The summed E-state index contributed by atoms with van der Waals surface area (Å²) in [6.45, 7) is 4.49. The van der Waals surface area contributed by atoms with E-state index in [0.717, 1.165) is 18.7 Å². The van der Waals surface area contributed by atoms with E-state index in [4.69, 9.17) is 4.42 Å². The van der Waals surface area contributed by atoms with Gasteiger partial charge in [-0.2, -0.15) is 0 Å². The lowest BCUT2D eigenvalue weighted by Crippen LogP contribution is -2.47. The van der Waals surface area contributed by atoms with E-state index in [9.17, 15) is 0 Å². The normalized spacial score (nSPS) is 23.9. The third-order valence-corrected chi connectivity index (χ3v) is 2.90. The van der Waals surface area contributed by atoms with Crippen LogP contribution in [-0.4, -0.2) is 25.2 Å². The van der Waals surface area contributed by atoms with Gasteiger partial charge in [-0.1, -0.05) is 0 Å². The van der Waals surface area contributed by atoms with E-state index in [-0.39, 0.29) is 0 Å². The average molecular weight is 208 g/mol. The Hall–Kier alpha value is -0.800. The first kappa shape index (κ1) is 10.7. The van der Waals surface area contributed by atoms with Gasteiger partial charge in [-0.05, 0) is 38.4 Å². The van der Waals surface area contributed by atoms with Gasteiger partial charge < -0.3 is 15.1 Å². The van der Waals surface area contributed by atoms with Crippen LogP contribution in [0.3, 0.4) is 0 Å². The molecular formula is C12H20N2O. The summed E-state index contributed by atoms with van der Waals surface area (Å²) < 4.78 is 5.34. The number of rotatable bonds is 4. The van der Waals surface area contributed by atoms with Crippen LogP contribution in [0.25, 0.3) is 0 Å². The lowest BCUT2D eigenvalue weighted by atomic mass is 10.1. The van der Waals surface area contributed by atoms with Gasteiger partial charge in [0.05, 0.1) is 6.26 Å². The van der Waals surface area contributed by atoms with Crippen molar-refractivity contribution in [2.24, 2.45) is 0 Å². The maximum absolute atomic E-state index is 5.34. The Labute approximate surface area is 91.2 Å². The second-order valence-electron chi connectivity index (χ2n) is 4.39. The summed E-state index contributed by atoms with van der Waals surface area (Å²) in [4.78, 5) is 0. The maximum atomic E-state index is 5.34. The van der Waals surface area contributed by atoms with Crippen molar-refractivity contribution in [1.29, 1.82) is 0 Å². The molecule has 1 aliphatic rings. The van der Waals surface area contributed by atoms with Crippen molar-refractivity contribution in [1.82, 2.24) is 10.6 Å². The van der Waals surface area contributed by atoms with Crippen LogP contribution >= 0.6 is 0 Å². The SMILES string of the molecule is CC(Cc1ccco1)NC1CCCNC1. The van der Waals surface area contributed by atoms with Gasteiger partial charge in [0, 0.05) is 25.0 Å². The molecule has 3 heteroatoms. The Bertz CT molecular complexity index is 265. The molecule has 2 rings (SSSR count). The van der Waals surface area contributed by atoms with E-state index in [0.29, 0.717) is 12.1 Å². The van der Waals surface area contributed by atoms with Gasteiger partial charge in [-0.25, -0.2) is 0 Å². The first-order chi connectivity index (χ1) is 7.34. The summed E-state index contributed by atoms with van der Waals surface area (Å²) in [7, 11) is 0. The highest BCUT2D eigenvalue weighted by Gasteiger charge is 2.15. The molecule has 2 heterocycles. The van der Waals surface area contributed by atoms with Crippen LogP contribution in [0.15, 0.2) is 22.8 Å². The van der Waals surface area contributed by atoms with Crippen LogP contribution in [0.1, 0.15) is 25.5 Å². The molecule has 2 unspecified atom stereocenters. The molecule has 15 heavy (non-hydrogen) atoms. The highest BCUT2D eigenvalue weighted by atomic mass is 16.3. The van der Waals surface area contributed by atoms with Crippen LogP contribution in [0.4, 0.5) is 0 Å². The minimum atomic E-state index is 0.487. The quantitative estimate of drug-likeness (QED) is 0.788. The predicted molar refractivity (Wildman–Crippen MR) is 60.9 cm³/mol. The van der Waals surface area contributed by atoms with Gasteiger partial charge in [-0.3, -0.25) is 0 Å². The zero-order chi connectivity index (χ0) is 10.5. The molecule has 0 spiro atoms. The van der Waals surface area contributed by atoms with E-state index in [1.165, 1.54) is 19.4 Å². The summed E-state index contributed by atoms with van der Waals surface area (Å²) in [5.41, 5.74) is 0. The van der Waals surface area contributed by atoms with Gasteiger partial charge in [0.1, 0.15) is 5.76 Å². The summed E-state index contributed by atoms with van der Waals surface area (Å²) in [6, 6.07) is 5.10. The Morgan fingerprint density at radius 1 is 1.67 bits per heavy atom. The van der Waals surface area contributed by atoms with E-state index >= 15 is 0 Å². The van der Waals surface area contributed by atoms with Crippen LogP contribution in [0.2, 0.25) is 0 Å². The zero-order valence-corrected chi connectivity index (χ0v) is 9.33. The molecule has 0 bridgehead atoms. The first-order valence-corrected chi connectivity index (χ1v) is 5.84. The fraction of sp³-hybridized carbons (Fsp3) is 0.667. The van der Waals surface area contributed by atoms with Crippen LogP contribution in [0, 0.1) is 0 Å². The number of furan rings is 1. The molecule has 1 aromatic rings. The topological polar surface area (TPSA) is 37.2 Å². The molecule has 0 amide bonds. The Balaban J connectivity index is 1.74. The van der Waals surface area contributed by atoms with Crippen molar-refractivity contribution in [3.8, 4) is 0 Å². The average Bonchev–Trinajstić information content (AvgIpc) is 2.71. The Morgan fingerprint density at radius 2 is 2.60 bits per heavy atom. The molecule has 84 valence electrons. The molecule has 1 fully saturated rings. The third kappa shape index (κ3) is 3.36. The fourth-order valence-electron chi connectivity index (χ4n) is 2.19. The minimum Gasteiger partial charge on any atom is -0.469 e. The monoisotopic (exact) mass is 208 g/mol. The molecular weight excluding hydrogens is 188 g/mol. The van der Waals surface area contributed by atoms with Crippen LogP contribution in [0.5, 0.6) is 0 Å². The van der Waals surface area contributed by atoms with E-state index in [2.05, 4.69) is 17.6 Å². The second-order valence-corrected chi connectivity index (χ2v) is 4.39. The molecule has 1 aliphatic heterocycles. The Morgan fingerprint density at radius 3 is 3.27 bits per heavy atom. The molecule has 0 aliphatic carbocycles. The molecule has 2 atom stereocenters. The molecule has 1 saturated heterocycles. The van der Waals surface area contributed by atoms with Crippen molar-refractivity contribution >= 4 is 0 Å². The lowest BCUT2D eigenvalue weighted by molar-refractivity contribution is 0.348. The minimum absolute atomic E-state index is 0.487. The van der Waals surface area contributed by atoms with E-state index in [1.54, 1.807) is 6.26 Å². The largest absolute Gasteiger partial charge is 0.469 e. The zero-order valence-electron chi connectivity index (χ0n) is 9.33. The third-order valence-electron chi connectivity index (χ3n) is 2.90. The molecule has 0 saturated carbocycles. The summed E-state index contributed by atoms with van der Waals surface area (Å²) >= 11 is 0. The molecule has 2 N–H and O–H groups in total. The van der Waals surface area contributed by atoms with Crippen molar-refractivity contribution in [3.63, 3.8) is 0 Å². The molecule has 3 nitrogen and oxygen atoms in total. The van der Waals surface area contributed by atoms with Crippen molar-refractivity contribution in [3.05, 3.63) is 24.2 Å². The standard InChI is InChI=1S/C12H20N2O/c1-10(8-12-5-3-7-15-12)14-11-4-2-6-13-9-11/h3,5,7,10-11,13-14H,2,4,6,8-9H2,1H3. The van der Waals surface area contributed by atoms with Crippen LogP contribution < -0.4 is 10.6 Å². The van der Waals surface area contributed by atoms with Gasteiger partial charge >= 0.3 is 0 Å². The maximum Gasteiger partial charge on any atom is 0.105 e. The lowest BCUT2D eigenvalue weighted by Gasteiger charge is -2.27. The number of nitrogens with one attached hydrogen (secondary N) is 2.